The molecule has 0 amide bonds. The van der Waals surface area contributed by atoms with E-state index in [2.05, 4.69) is 15.7 Å². The number of rotatable bonds is 2. The number of fused-ring (bicyclic) bond motifs is 2. The Balaban J connectivity index is 1.68. The van der Waals surface area contributed by atoms with Crippen LogP contribution in [0.5, 0.6) is 0 Å². The lowest BCUT2D eigenvalue weighted by molar-refractivity contribution is 0.378. The van der Waals surface area contributed by atoms with Crippen molar-refractivity contribution in [2.24, 2.45) is 5.92 Å². The number of hydrogen-bond acceptors (Lipinski definition) is 3. The highest BCUT2D eigenvalue weighted by Crippen LogP contribution is 2.36. The Morgan fingerprint density at radius 2 is 2.54 bits per heavy atom. The van der Waals surface area contributed by atoms with Crippen LogP contribution in [0.3, 0.4) is 0 Å². The average Bonchev–Trinajstić information content (AvgIpc) is 2.77. The normalized spacial score (nSPS) is 37.1. The van der Waals surface area contributed by atoms with E-state index in [1.54, 1.807) is 11.3 Å². The molecule has 1 aromatic heterocycles. The number of nitrogens with one attached hydrogen (secondary N) is 1. The van der Waals surface area contributed by atoms with E-state index in [1.165, 1.54) is 25.0 Å². The molecule has 2 aliphatic rings. The highest BCUT2D eigenvalue weighted by molar-refractivity contribution is 7.07. The summed E-state index contributed by atoms with van der Waals surface area (Å²) < 4.78 is 0. The number of hydrogen-bond donors (Lipinski definition) is 1. The highest BCUT2D eigenvalue weighted by Gasteiger charge is 2.38. The molecule has 2 fully saturated rings. The molecule has 0 spiro atoms. The quantitative estimate of drug-likeness (QED) is 0.777. The summed E-state index contributed by atoms with van der Waals surface area (Å²) in [7, 11) is 0. The lowest BCUT2D eigenvalue weighted by atomic mass is 9.96. The summed E-state index contributed by atoms with van der Waals surface area (Å²) in [5.74, 6) is 0.937. The average molecular weight is 194 g/mol. The van der Waals surface area contributed by atoms with Crippen LogP contribution < -0.4 is 5.32 Å². The Hall–Kier alpha value is -0.410. The van der Waals surface area contributed by atoms with Gasteiger partial charge in [0.25, 0.3) is 0 Å². The SMILES string of the molecule is c1nc(CC2NC3CCC2C3)cs1. The summed E-state index contributed by atoms with van der Waals surface area (Å²) >= 11 is 1.70. The van der Waals surface area contributed by atoms with Crippen LogP contribution in [0.2, 0.25) is 0 Å². The molecule has 2 heterocycles. The molecular weight excluding hydrogens is 180 g/mol. The Morgan fingerprint density at radius 3 is 3.15 bits per heavy atom. The van der Waals surface area contributed by atoms with Gasteiger partial charge in [-0.3, -0.25) is 0 Å². The van der Waals surface area contributed by atoms with Crippen LogP contribution in [0.25, 0.3) is 0 Å². The van der Waals surface area contributed by atoms with E-state index in [9.17, 15) is 0 Å². The van der Waals surface area contributed by atoms with Gasteiger partial charge in [-0.1, -0.05) is 0 Å². The fourth-order valence-corrected chi connectivity index (χ4v) is 3.33. The fourth-order valence-electron chi connectivity index (χ4n) is 2.76. The summed E-state index contributed by atoms with van der Waals surface area (Å²) in [6.45, 7) is 0. The Kier molecular flexibility index (Phi) is 1.87. The molecule has 1 saturated carbocycles. The van der Waals surface area contributed by atoms with E-state index in [4.69, 9.17) is 0 Å². The zero-order valence-corrected chi connectivity index (χ0v) is 8.39. The van der Waals surface area contributed by atoms with Crippen molar-refractivity contribution >= 4 is 11.3 Å². The van der Waals surface area contributed by atoms with E-state index in [1.807, 2.05) is 5.51 Å². The van der Waals surface area contributed by atoms with Gasteiger partial charge in [-0.05, 0) is 25.2 Å². The van der Waals surface area contributed by atoms with Crippen molar-refractivity contribution in [3.05, 3.63) is 16.6 Å². The summed E-state index contributed by atoms with van der Waals surface area (Å²) in [5.41, 5.74) is 3.21. The molecule has 70 valence electrons. The van der Waals surface area contributed by atoms with Crippen molar-refractivity contribution in [3.8, 4) is 0 Å². The van der Waals surface area contributed by atoms with Crippen molar-refractivity contribution in [2.45, 2.75) is 37.8 Å². The molecule has 0 radical (unpaired) electrons. The molecule has 13 heavy (non-hydrogen) atoms. The maximum absolute atomic E-state index is 4.34. The number of piperidine rings is 1. The minimum Gasteiger partial charge on any atom is -0.311 e. The highest BCUT2D eigenvalue weighted by atomic mass is 32.1. The van der Waals surface area contributed by atoms with Gasteiger partial charge >= 0.3 is 0 Å². The van der Waals surface area contributed by atoms with Gasteiger partial charge < -0.3 is 5.32 Å². The van der Waals surface area contributed by atoms with Crippen LogP contribution in [0, 0.1) is 5.92 Å². The van der Waals surface area contributed by atoms with Crippen LogP contribution >= 0.6 is 11.3 Å². The van der Waals surface area contributed by atoms with Crippen LogP contribution in [-0.2, 0) is 6.42 Å². The molecule has 1 aromatic rings. The second kappa shape index (κ2) is 3.07. The first kappa shape index (κ1) is 7.94. The zero-order chi connectivity index (χ0) is 8.67. The Labute approximate surface area is 82.4 Å². The van der Waals surface area contributed by atoms with Gasteiger partial charge in [0, 0.05) is 23.9 Å². The van der Waals surface area contributed by atoms with Crippen molar-refractivity contribution in [1.29, 1.82) is 0 Å². The first-order valence-electron chi connectivity index (χ1n) is 5.05. The van der Waals surface area contributed by atoms with Gasteiger partial charge in [-0.2, -0.15) is 0 Å². The molecule has 2 nitrogen and oxygen atoms in total. The third-order valence-corrected chi connectivity index (χ3v) is 4.04. The van der Waals surface area contributed by atoms with Gasteiger partial charge in [-0.15, -0.1) is 11.3 Å². The molecule has 3 rings (SSSR count). The molecule has 1 aliphatic carbocycles. The van der Waals surface area contributed by atoms with Crippen LogP contribution in [-0.4, -0.2) is 17.1 Å². The lowest BCUT2D eigenvalue weighted by Crippen LogP contribution is -2.37. The molecule has 3 heteroatoms. The molecular formula is C10H14N2S. The third-order valence-electron chi connectivity index (χ3n) is 3.40. The summed E-state index contributed by atoms with van der Waals surface area (Å²) in [6, 6.07) is 1.55. The van der Waals surface area contributed by atoms with Gasteiger partial charge in [0.15, 0.2) is 0 Å². The molecule has 1 saturated heterocycles. The van der Waals surface area contributed by atoms with E-state index in [0.717, 1.165) is 24.4 Å². The zero-order valence-electron chi connectivity index (χ0n) is 7.57. The van der Waals surface area contributed by atoms with Crippen molar-refractivity contribution < 1.29 is 0 Å². The Bertz CT molecular complexity index is 283. The maximum Gasteiger partial charge on any atom is 0.0794 e. The first-order valence-corrected chi connectivity index (χ1v) is 5.99. The maximum atomic E-state index is 4.34. The van der Waals surface area contributed by atoms with Gasteiger partial charge in [-0.25, -0.2) is 4.98 Å². The van der Waals surface area contributed by atoms with E-state index >= 15 is 0 Å². The topological polar surface area (TPSA) is 24.9 Å². The second-order valence-corrected chi connectivity index (χ2v) is 4.95. The molecule has 0 aromatic carbocycles. The van der Waals surface area contributed by atoms with Gasteiger partial charge in [0.05, 0.1) is 11.2 Å². The molecule has 3 unspecified atom stereocenters. The molecule has 2 bridgehead atoms. The van der Waals surface area contributed by atoms with Gasteiger partial charge in [0.2, 0.25) is 0 Å². The van der Waals surface area contributed by atoms with E-state index in [-0.39, 0.29) is 0 Å². The fraction of sp³-hybridized carbons (Fsp3) is 0.700. The number of aromatic nitrogens is 1. The van der Waals surface area contributed by atoms with Crippen molar-refractivity contribution in [1.82, 2.24) is 10.3 Å². The second-order valence-electron chi connectivity index (χ2n) is 4.23. The van der Waals surface area contributed by atoms with Crippen LogP contribution in [0.1, 0.15) is 25.0 Å². The van der Waals surface area contributed by atoms with Crippen LogP contribution in [0.15, 0.2) is 10.9 Å². The summed E-state index contributed by atoms with van der Waals surface area (Å²) in [4.78, 5) is 4.34. The summed E-state index contributed by atoms with van der Waals surface area (Å²) in [5, 5.41) is 5.87. The number of nitrogens with zero attached hydrogens (tertiary/aromatic N) is 1. The first-order chi connectivity index (χ1) is 6.42. The van der Waals surface area contributed by atoms with Crippen molar-refractivity contribution in [2.75, 3.05) is 0 Å². The van der Waals surface area contributed by atoms with E-state index in [0.29, 0.717) is 0 Å². The predicted octanol–water partition coefficient (Wildman–Crippen LogP) is 1.83. The number of thiazole rings is 1. The summed E-state index contributed by atoms with van der Waals surface area (Å²) in [6.07, 6.45) is 5.39. The Morgan fingerprint density at radius 1 is 1.54 bits per heavy atom. The predicted molar refractivity (Wildman–Crippen MR) is 53.9 cm³/mol. The standard InChI is InChI=1S/C10H14N2S/c1-2-8-3-7(1)10(12-8)4-9-5-13-6-11-9/h5-8,10,12H,1-4H2. The van der Waals surface area contributed by atoms with E-state index < -0.39 is 0 Å². The lowest BCUT2D eigenvalue weighted by Gasteiger charge is -2.22. The van der Waals surface area contributed by atoms with Crippen LogP contribution in [0.4, 0.5) is 0 Å². The minimum absolute atomic E-state index is 0.723. The third kappa shape index (κ3) is 1.40. The minimum atomic E-state index is 0.723. The molecule has 1 N–H and O–H groups in total. The van der Waals surface area contributed by atoms with Gasteiger partial charge in [0.1, 0.15) is 0 Å². The largest absolute Gasteiger partial charge is 0.311 e. The van der Waals surface area contributed by atoms with Crippen molar-refractivity contribution in [3.63, 3.8) is 0 Å². The molecule has 3 atom stereocenters. The smallest absolute Gasteiger partial charge is 0.0794 e. The molecule has 1 aliphatic heterocycles. The monoisotopic (exact) mass is 194 g/mol.